The van der Waals surface area contributed by atoms with E-state index in [2.05, 4.69) is 21.3 Å². The van der Waals surface area contributed by atoms with Crippen molar-refractivity contribution in [1.82, 2.24) is 9.97 Å². The third-order valence-corrected chi connectivity index (χ3v) is 6.16. The van der Waals surface area contributed by atoms with Crippen molar-refractivity contribution in [2.45, 2.75) is 33.2 Å². The lowest BCUT2D eigenvalue weighted by atomic mass is 9.88. The maximum atomic E-state index is 13.1. The van der Waals surface area contributed by atoms with E-state index in [0.29, 0.717) is 5.69 Å². The maximum absolute atomic E-state index is 13.1. The zero-order valence-electron chi connectivity index (χ0n) is 18.3. The number of Topliss-reactive ketones (excluding diaryl/α,β-unsaturated/α-hetero) is 1. The van der Waals surface area contributed by atoms with Gasteiger partial charge in [-0.15, -0.1) is 0 Å². The quantitative estimate of drug-likeness (QED) is 0.650. The van der Waals surface area contributed by atoms with Crippen LogP contribution < -0.4 is 4.90 Å². The number of fused-ring (bicyclic) bond motifs is 1. The number of carbonyl (C=O) groups excluding carboxylic acids is 2. The first-order valence-corrected chi connectivity index (χ1v) is 11.5. The number of hydrogen-bond donors (Lipinski definition) is 2. The molecule has 164 valence electrons. The molecule has 1 aromatic carbocycles. The molecule has 1 aliphatic carbocycles. The van der Waals surface area contributed by atoms with Gasteiger partial charge in [0.2, 0.25) is 0 Å². The van der Waals surface area contributed by atoms with Gasteiger partial charge >= 0.3 is 0 Å². The SMILES string of the molecule is CC/C(C)=C1\C=C(C2C(C(C)=O)=C(O)C(=O)N2c2ccc3nc[nH]c3c2)C=C\C1=N\SC. The van der Waals surface area contributed by atoms with Crippen LogP contribution in [0.15, 0.2) is 75.2 Å². The van der Waals surface area contributed by atoms with Gasteiger partial charge in [-0.25, -0.2) is 9.38 Å². The van der Waals surface area contributed by atoms with Crippen LogP contribution in [0.5, 0.6) is 0 Å². The van der Waals surface area contributed by atoms with E-state index in [1.54, 1.807) is 24.5 Å². The van der Waals surface area contributed by atoms with E-state index in [1.165, 1.54) is 23.8 Å². The minimum absolute atomic E-state index is 0.0920. The van der Waals surface area contributed by atoms with Crippen molar-refractivity contribution in [3.05, 3.63) is 70.8 Å². The molecule has 2 aliphatic rings. The van der Waals surface area contributed by atoms with Crippen LogP contribution in [-0.2, 0) is 9.59 Å². The Kier molecular flexibility index (Phi) is 5.88. The molecule has 7 nitrogen and oxygen atoms in total. The molecule has 0 saturated carbocycles. The summed E-state index contributed by atoms with van der Waals surface area (Å²) in [6.07, 6.45) is 10.0. The third-order valence-electron chi connectivity index (χ3n) is 5.79. The number of allylic oxidation sites excluding steroid dienone is 4. The van der Waals surface area contributed by atoms with E-state index < -0.39 is 17.7 Å². The summed E-state index contributed by atoms with van der Waals surface area (Å²) in [6.45, 7) is 5.49. The highest BCUT2D eigenvalue weighted by Crippen LogP contribution is 2.38. The topological polar surface area (TPSA) is 98.6 Å². The predicted molar refractivity (Wildman–Crippen MR) is 129 cm³/mol. The second-order valence-electron chi connectivity index (χ2n) is 7.68. The van der Waals surface area contributed by atoms with E-state index >= 15 is 0 Å². The number of aromatic amines is 1. The number of imidazole rings is 1. The molecule has 1 aliphatic heterocycles. The van der Waals surface area contributed by atoms with Crippen molar-refractivity contribution >= 4 is 46.1 Å². The lowest BCUT2D eigenvalue weighted by Gasteiger charge is -2.29. The van der Waals surface area contributed by atoms with Crippen molar-refractivity contribution < 1.29 is 14.7 Å². The van der Waals surface area contributed by atoms with Crippen molar-refractivity contribution in [2.75, 3.05) is 11.2 Å². The molecule has 32 heavy (non-hydrogen) atoms. The van der Waals surface area contributed by atoms with Crippen LogP contribution in [0.25, 0.3) is 11.0 Å². The second-order valence-corrected chi connectivity index (χ2v) is 8.23. The largest absolute Gasteiger partial charge is 0.503 e. The minimum Gasteiger partial charge on any atom is -0.503 e. The first-order valence-electron chi connectivity index (χ1n) is 10.3. The molecule has 0 bridgehead atoms. The Morgan fingerprint density at radius 3 is 2.78 bits per heavy atom. The number of aromatic nitrogens is 2. The number of aliphatic hydroxyl groups excluding tert-OH is 1. The monoisotopic (exact) mass is 448 g/mol. The normalized spacial score (nSPS) is 21.7. The summed E-state index contributed by atoms with van der Waals surface area (Å²) in [5.74, 6) is -1.46. The van der Waals surface area contributed by atoms with Crippen molar-refractivity contribution in [3.8, 4) is 0 Å². The molecule has 0 spiro atoms. The summed E-state index contributed by atoms with van der Waals surface area (Å²) in [5, 5.41) is 10.6. The molecule has 2 N–H and O–H groups in total. The molecule has 1 atom stereocenters. The van der Waals surface area contributed by atoms with Gasteiger partial charge in [-0.3, -0.25) is 14.5 Å². The molecule has 0 saturated heterocycles. The number of nitrogens with zero attached hydrogens (tertiary/aromatic N) is 3. The van der Waals surface area contributed by atoms with Crippen LogP contribution in [0.1, 0.15) is 27.2 Å². The highest BCUT2D eigenvalue weighted by atomic mass is 32.2. The van der Waals surface area contributed by atoms with Gasteiger partial charge < -0.3 is 10.1 Å². The number of amides is 1. The minimum atomic E-state index is -0.743. The number of nitrogens with one attached hydrogen (secondary N) is 1. The Bertz CT molecular complexity index is 1280. The molecule has 1 unspecified atom stereocenters. The zero-order chi connectivity index (χ0) is 23.0. The molecule has 2 heterocycles. The number of rotatable bonds is 5. The first-order chi connectivity index (χ1) is 15.4. The van der Waals surface area contributed by atoms with Gasteiger partial charge in [0.25, 0.3) is 5.91 Å². The number of carbonyl (C=O) groups is 2. The Balaban J connectivity index is 1.89. The van der Waals surface area contributed by atoms with E-state index in [9.17, 15) is 14.7 Å². The number of benzene rings is 1. The number of anilines is 1. The molecule has 8 heteroatoms. The van der Waals surface area contributed by atoms with Crippen LogP contribution in [0, 0.1) is 0 Å². The second kappa shape index (κ2) is 8.63. The highest BCUT2D eigenvalue weighted by Gasteiger charge is 2.44. The van der Waals surface area contributed by atoms with Gasteiger partial charge in [0, 0.05) is 17.5 Å². The number of aliphatic hydroxyl groups is 1. The zero-order valence-corrected chi connectivity index (χ0v) is 19.2. The molecule has 0 fully saturated rings. The molecule has 2 aromatic rings. The fraction of sp³-hybridized carbons (Fsp3) is 0.250. The predicted octanol–water partition coefficient (Wildman–Crippen LogP) is 4.62. The number of H-pyrrole nitrogens is 1. The summed E-state index contributed by atoms with van der Waals surface area (Å²) in [6, 6.07) is 4.62. The van der Waals surface area contributed by atoms with Crippen LogP contribution in [-0.4, -0.2) is 44.8 Å². The molecule has 1 aromatic heterocycles. The van der Waals surface area contributed by atoms with Gasteiger partial charge in [-0.1, -0.05) is 18.6 Å². The smallest absolute Gasteiger partial charge is 0.294 e. The van der Waals surface area contributed by atoms with E-state index in [1.807, 2.05) is 31.4 Å². The van der Waals surface area contributed by atoms with Gasteiger partial charge in [0.15, 0.2) is 11.5 Å². The first kappa shape index (κ1) is 21.8. The van der Waals surface area contributed by atoms with E-state index in [-0.39, 0.29) is 11.4 Å². The van der Waals surface area contributed by atoms with E-state index in [4.69, 9.17) is 0 Å². The fourth-order valence-corrected chi connectivity index (χ4v) is 4.41. The molecule has 0 radical (unpaired) electrons. The molecule has 1 amide bonds. The van der Waals surface area contributed by atoms with Gasteiger partial charge in [-0.2, -0.15) is 0 Å². The number of ketones is 1. The summed E-state index contributed by atoms with van der Waals surface area (Å²) in [4.78, 5) is 34.4. The molecule has 4 rings (SSSR count). The Morgan fingerprint density at radius 2 is 2.09 bits per heavy atom. The van der Waals surface area contributed by atoms with Crippen molar-refractivity contribution in [3.63, 3.8) is 0 Å². The lowest BCUT2D eigenvalue weighted by molar-refractivity contribution is -0.117. The third kappa shape index (κ3) is 3.60. The van der Waals surface area contributed by atoms with Gasteiger partial charge in [0.05, 0.1) is 34.7 Å². The van der Waals surface area contributed by atoms with Crippen LogP contribution >= 0.6 is 11.9 Å². The van der Waals surface area contributed by atoms with Gasteiger partial charge in [-0.05, 0) is 68.1 Å². The van der Waals surface area contributed by atoms with Crippen LogP contribution in [0.2, 0.25) is 0 Å². The number of hydrogen-bond acceptors (Lipinski definition) is 6. The Morgan fingerprint density at radius 1 is 1.31 bits per heavy atom. The Hall–Kier alpha value is -3.39. The lowest BCUT2D eigenvalue weighted by Crippen LogP contribution is -2.38. The average Bonchev–Trinajstić information content (AvgIpc) is 3.35. The van der Waals surface area contributed by atoms with Gasteiger partial charge in [0.1, 0.15) is 0 Å². The summed E-state index contributed by atoms with van der Waals surface area (Å²) >= 11 is 1.37. The molecular formula is C24H24N4O3S. The van der Waals surface area contributed by atoms with Crippen molar-refractivity contribution in [2.24, 2.45) is 4.40 Å². The molecular weight excluding hydrogens is 424 g/mol. The standard InChI is InChI=1S/C24H24N4O3S/c1-5-13(2)17-10-15(6-8-18(17)27-32-4)22-21(14(3)29)23(30)24(31)28(22)16-7-9-19-20(11-16)26-12-25-19/h6-12,22,30H,5H2,1-4H3,(H,25,26)/b17-13+,27-18-. The van der Waals surface area contributed by atoms with E-state index in [0.717, 1.165) is 39.9 Å². The van der Waals surface area contributed by atoms with Crippen molar-refractivity contribution in [1.29, 1.82) is 0 Å². The van der Waals surface area contributed by atoms with Crippen LogP contribution in [0.4, 0.5) is 5.69 Å². The fourth-order valence-electron chi connectivity index (χ4n) is 4.05. The van der Waals surface area contributed by atoms with Crippen LogP contribution in [0.3, 0.4) is 0 Å². The summed E-state index contributed by atoms with van der Waals surface area (Å²) in [5.41, 5.74) is 5.86. The summed E-state index contributed by atoms with van der Waals surface area (Å²) < 4.78 is 4.51. The summed E-state index contributed by atoms with van der Waals surface area (Å²) in [7, 11) is 0. The Labute approximate surface area is 190 Å². The highest BCUT2D eigenvalue weighted by molar-refractivity contribution is 7.97. The maximum Gasteiger partial charge on any atom is 0.294 e. The average molecular weight is 449 g/mol.